The predicted molar refractivity (Wildman–Crippen MR) is 94.7 cm³/mol. The topological polar surface area (TPSA) is 60.3 Å². The minimum atomic E-state index is -0.394. The van der Waals surface area contributed by atoms with Crippen LogP contribution in [0.4, 0.5) is 5.69 Å². The van der Waals surface area contributed by atoms with E-state index in [1.807, 2.05) is 49.6 Å². The summed E-state index contributed by atoms with van der Waals surface area (Å²) in [6, 6.07) is 7.61. The zero-order valence-corrected chi connectivity index (χ0v) is 14.9. The first-order chi connectivity index (χ1) is 11.4. The standard InChI is InChI=1S/C19H24N2O3/c1-6-21-14(5)16(13(4)17(21)19(23)24-7-2)18(22)20-15-11-9-8-10-12(15)3/h8-11H,6-7H2,1-5H3,(H,20,22). The van der Waals surface area contributed by atoms with Crippen LogP contribution in [0.3, 0.4) is 0 Å². The molecule has 0 radical (unpaired) electrons. The number of hydrogen-bond donors (Lipinski definition) is 1. The van der Waals surface area contributed by atoms with Crippen molar-refractivity contribution < 1.29 is 14.3 Å². The first-order valence-corrected chi connectivity index (χ1v) is 8.16. The molecule has 0 aliphatic rings. The molecule has 0 aliphatic carbocycles. The first-order valence-electron chi connectivity index (χ1n) is 8.16. The molecule has 0 aliphatic heterocycles. The number of rotatable bonds is 5. The molecule has 1 aromatic carbocycles. The number of aromatic nitrogens is 1. The molecule has 0 saturated heterocycles. The lowest BCUT2D eigenvalue weighted by Crippen LogP contribution is -2.15. The Balaban J connectivity index is 2.45. The van der Waals surface area contributed by atoms with E-state index in [0.29, 0.717) is 30.0 Å². The molecule has 1 heterocycles. The summed E-state index contributed by atoms with van der Waals surface area (Å²) in [5.41, 5.74) is 4.16. The minimum Gasteiger partial charge on any atom is -0.461 e. The number of anilines is 1. The van der Waals surface area contributed by atoms with Crippen molar-refractivity contribution in [2.24, 2.45) is 0 Å². The third-order valence-corrected chi connectivity index (χ3v) is 4.17. The van der Waals surface area contributed by atoms with Crippen molar-refractivity contribution in [1.29, 1.82) is 0 Å². The van der Waals surface area contributed by atoms with Crippen molar-refractivity contribution in [3.8, 4) is 0 Å². The van der Waals surface area contributed by atoms with Crippen LogP contribution in [0, 0.1) is 20.8 Å². The Morgan fingerprint density at radius 2 is 1.79 bits per heavy atom. The highest BCUT2D eigenvalue weighted by Gasteiger charge is 2.26. The Bertz CT molecular complexity index is 775. The number of carbonyl (C=O) groups excluding carboxylic acids is 2. The molecule has 1 aromatic heterocycles. The van der Waals surface area contributed by atoms with Gasteiger partial charge in [-0.1, -0.05) is 18.2 Å². The van der Waals surface area contributed by atoms with Gasteiger partial charge < -0.3 is 14.6 Å². The van der Waals surface area contributed by atoms with Gasteiger partial charge in [0.05, 0.1) is 12.2 Å². The number of aryl methyl sites for hydroxylation is 1. The normalized spacial score (nSPS) is 10.5. The van der Waals surface area contributed by atoms with Gasteiger partial charge in [-0.2, -0.15) is 0 Å². The number of para-hydroxylation sites is 1. The summed E-state index contributed by atoms with van der Waals surface area (Å²) in [4.78, 5) is 25.1. The molecule has 2 rings (SSSR count). The lowest BCUT2D eigenvalue weighted by molar-refractivity contribution is 0.0512. The minimum absolute atomic E-state index is 0.211. The summed E-state index contributed by atoms with van der Waals surface area (Å²) in [6.07, 6.45) is 0. The maximum absolute atomic E-state index is 12.8. The second-order valence-corrected chi connectivity index (χ2v) is 5.67. The molecule has 128 valence electrons. The molecule has 0 spiro atoms. The van der Waals surface area contributed by atoms with Crippen molar-refractivity contribution in [2.75, 3.05) is 11.9 Å². The van der Waals surface area contributed by atoms with E-state index in [0.717, 1.165) is 16.9 Å². The summed E-state index contributed by atoms with van der Waals surface area (Å²) in [7, 11) is 0. The van der Waals surface area contributed by atoms with Gasteiger partial charge in [-0.25, -0.2) is 4.79 Å². The van der Waals surface area contributed by atoms with Crippen molar-refractivity contribution in [3.63, 3.8) is 0 Å². The summed E-state index contributed by atoms with van der Waals surface area (Å²) in [5, 5.41) is 2.94. The van der Waals surface area contributed by atoms with E-state index in [4.69, 9.17) is 4.74 Å². The number of hydrogen-bond acceptors (Lipinski definition) is 3. The van der Waals surface area contributed by atoms with Crippen LogP contribution in [0.2, 0.25) is 0 Å². The van der Waals surface area contributed by atoms with Gasteiger partial charge in [0, 0.05) is 17.9 Å². The van der Waals surface area contributed by atoms with E-state index in [2.05, 4.69) is 5.32 Å². The summed E-state index contributed by atoms with van der Waals surface area (Å²) < 4.78 is 6.98. The SMILES string of the molecule is CCOC(=O)c1c(C)c(C(=O)Nc2ccccc2C)c(C)n1CC. The predicted octanol–water partition coefficient (Wildman–Crippen LogP) is 3.86. The van der Waals surface area contributed by atoms with Gasteiger partial charge in [0.1, 0.15) is 5.69 Å². The highest BCUT2D eigenvalue weighted by atomic mass is 16.5. The lowest BCUT2D eigenvalue weighted by Gasteiger charge is -2.09. The van der Waals surface area contributed by atoms with Crippen LogP contribution in [0.5, 0.6) is 0 Å². The van der Waals surface area contributed by atoms with Crippen LogP contribution in [0.15, 0.2) is 24.3 Å². The van der Waals surface area contributed by atoms with Crippen molar-refractivity contribution in [3.05, 3.63) is 52.3 Å². The highest BCUT2D eigenvalue weighted by molar-refractivity contribution is 6.08. The summed E-state index contributed by atoms with van der Waals surface area (Å²) >= 11 is 0. The molecule has 0 bridgehead atoms. The van der Waals surface area contributed by atoms with E-state index >= 15 is 0 Å². The van der Waals surface area contributed by atoms with Crippen molar-refractivity contribution in [1.82, 2.24) is 4.57 Å². The average molecular weight is 328 g/mol. The lowest BCUT2D eigenvalue weighted by atomic mass is 10.1. The van der Waals surface area contributed by atoms with E-state index in [1.54, 1.807) is 13.8 Å². The molecule has 0 unspecified atom stereocenters. The summed E-state index contributed by atoms with van der Waals surface area (Å²) in [6.45, 7) is 10.2. The van der Waals surface area contributed by atoms with Gasteiger partial charge in [0.15, 0.2) is 0 Å². The number of nitrogens with zero attached hydrogens (tertiary/aromatic N) is 1. The summed E-state index contributed by atoms with van der Waals surface area (Å²) in [5.74, 6) is -0.605. The number of carbonyl (C=O) groups is 2. The van der Waals surface area contributed by atoms with E-state index < -0.39 is 5.97 Å². The van der Waals surface area contributed by atoms with Crippen LogP contribution in [-0.2, 0) is 11.3 Å². The zero-order chi connectivity index (χ0) is 17.9. The van der Waals surface area contributed by atoms with Gasteiger partial charge >= 0.3 is 5.97 Å². The molecule has 5 nitrogen and oxygen atoms in total. The van der Waals surface area contributed by atoms with Crippen LogP contribution in [0.25, 0.3) is 0 Å². The van der Waals surface area contributed by atoms with Gasteiger partial charge in [0.2, 0.25) is 0 Å². The van der Waals surface area contributed by atoms with Gasteiger partial charge in [-0.3, -0.25) is 4.79 Å². The highest BCUT2D eigenvalue weighted by Crippen LogP contribution is 2.25. The van der Waals surface area contributed by atoms with Gasteiger partial charge in [0.25, 0.3) is 5.91 Å². The molecule has 0 atom stereocenters. The van der Waals surface area contributed by atoms with E-state index in [-0.39, 0.29) is 5.91 Å². The Morgan fingerprint density at radius 3 is 2.38 bits per heavy atom. The zero-order valence-electron chi connectivity index (χ0n) is 14.9. The molecular weight excluding hydrogens is 304 g/mol. The van der Waals surface area contributed by atoms with Gasteiger partial charge in [-0.05, 0) is 51.8 Å². The Labute approximate surface area is 142 Å². The maximum atomic E-state index is 12.8. The largest absolute Gasteiger partial charge is 0.461 e. The fraction of sp³-hybridized carbons (Fsp3) is 0.368. The number of esters is 1. The monoisotopic (exact) mass is 328 g/mol. The Kier molecular flexibility index (Phi) is 5.44. The third kappa shape index (κ3) is 3.20. The van der Waals surface area contributed by atoms with E-state index in [1.165, 1.54) is 0 Å². The third-order valence-electron chi connectivity index (χ3n) is 4.17. The smallest absolute Gasteiger partial charge is 0.355 e. The molecule has 0 fully saturated rings. The van der Waals surface area contributed by atoms with Crippen LogP contribution < -0.4 is 5.32 Å². The fourth-order valence-corrected chi connectivity index (χ4v) is 2.99. The number of benzene rings is 1. The fourth-order valence-electron chi connectivity index (χ4n) is 2.99. The first kappa shape index (κ1) is 17.8. The molecule has 0 saturated carbocycles. The molecule has 2 aromatic rings. The average Bonchev–Trinajstić information content (AvgIpc) is 2.80. The molecule has 24 heavy (non-hydrogen) atoms. The maximum Gasteiger partial charge on any atom is 0.355 e. The molecule has 5 heteroatoms. The number of amides is 1. The Morgan fingerprint density at radius 1 is 1.12 bits per heavy atom. The van der Waals surface area contributed by atoms with Crippen molar-refractivity contribution >= 4 is 17.6 Å². The number of nitrogens with one attached hydrogen (secondary N) is 1. The molecule has 1 N–H and O–H groups in total. The van der Waals surface area contributed by atoms with E-state index in [9.17, 15) is 9.59 Å². The van der Waals surface area contributed by atoms with Crippen LogP contribution in [0.1, 0.15) is 51.5 Å². The molecular formula is C19H24N2O3. The quantitative estimate of drug-likeness (QED) is 0.848. The van der Waals surface area contributed by atoms with Gasteiger partial charge in [-0.15, -0.1) is 0 Å². The molecule has 1 amide bonds. The van der Waals surface area contributed by atoms with Crippen LogP contribution >= 0.6 is 0 Å². The van der Waals surface area contributed by atoms with Crippen LogP contribution in [-0.4, -0.2) is 23.1 Å². The Hall–Kier alpha value is -2.56. The second kappa shape index (κ2) is 7.34. The second-order valence-electron chi connectivity index (χ2n) is 5.67. The van der Waals surface area contributed by atoms with Crippen molar-refractivity contribution in [2.45, 2.75) is 41.2 Å². The number of ether oxygens (including phenoxy) is 1.